The van der Waals surface area contributed by atoms with E-state index in [1.165, 1.54) is 12.1 Å². The number of hydrogen-bond acceptors (Lipinski definition) is 3. The monoisotopic (exact) mass is 252 g/mol. The molecule has 5 heteroatoms. The zero-order chi connectivity index (χ0) is 13.1. The van der Waals surface area contributed by atoms with Gasteiger partial charge in [-0.2, -0.15) is 0 Å². The van der Waals surface area contributed by atoms with E-state index in [2.05, 4.69) is 0 Å². The number of carbonyl (C=O) groups is 1. The minimum atomic E-state index is -0.556. The summed E-state index contributed by atoms with van der Waals surface area (Å²) in [5, 5.41) is 0. The molecule has 1 saturated heterocycles. The predicted octanol–water partition coefficient (Wildman–Crippen LogP) is 1.66. The van der Waals surface area contributed by atoms with Crippen LogP contribution >= 0.6 is 0 Å². The lowest BCUT2D eigenvalue weighted by Crippen LogP contribution is -2.36. The summed E-state index contributed by atoms with van der Waals surface area (Å²) in [4.78, 5) is 13.9. The maximum absolute atomic E-state index is 13.3. The van der Waals surface area contributed by atoms with Crippen molar-refractivity contribution in [2.24, 2.45) is 0 Å². The van der Waals surface area contributed by atoms with Crippen LogP contribution in [0.1, 0.15) is 23.7 Å². The Hall–Kier alpha value is -1.62. The van der Waals surface area contributed by atoms with Gasteiger partial charge in [0, 0.05) is 25.3 Å². The molecule has 0 saturated carbocycles. The van der Waals surface area contributed by atoms with Crippen molar-refractivity contribution in [3.05, 3.63) is 29.6 Å². The fourth-order valence-electron chi connectivity index (χ4n) is 2.02. The van der Waals surface area contributed by atoms with Crippen LogP contribution in [0.5, 0.6) is 0 Å². The molecule has 1 aromatic carbocycles. The van der Waals surface area contributed by atoms with Gasteiger partial charge in [0.25, 0.3) is 5.91 Å². The molecule has 1 unspecified atom stereocenters. The molecular formula is C13H17FN2O2. The Morgan fingerprint density at radius 3 is 3.06 bits per heavy atom. The van der Waals surface area contributed by atoms with Crippen LogP contribution < -0.4 is 5.73 Å². The van der Waals surface area contributed by atoms with Crippen LogP contribution in [0.2, 0.25) is 0 Å². The molecular weight excluding hydrogens is 235 g/mol. The summed E-state index contributed by atoms with van der Waals surface area (Å²) in [6.45, 7) is 3.75. The van der Waals surface area contributed by atoms with Gasteiger partial charge in [-0.15, -0.1) is 0 Å². The number of rotatable bonds is 1. The molecule has 1 fully saturated rings. The first-order valence-corrected chi connectivity index (χ1v) is 6.04. The average Bonchev–Trinajstić information content (AvgIpc) is 2.56. The van der Waals surface area contributed by atoms with Crippen molar-refractivity contribution < 1.29 is 13.9 Å². The topological polar surface area (TPSA) is 55.6 Å². The van der Waals surface area contributed by atoms with E-state index in [9.17, 15) is 9.18 Å². The third-order valence-corrected chi connectivity index (χ3v) is 2.99. The van der Waals surface area contributed by atoms with E-state index in [-0.39, 0.29) is 17.7 Å². The molecule has 4 nitrogen and oxygen atoms in total. The molecule has 18 heavy (non-hydrogen) atoms. The molecule has 1 aromatic rings. The van der Waals surface area contributed by atoms with Gasteiger partial charge < -0.3 is 15.4 Å². The highest BCUT2D eigenvalue weighted by Gasteiger charge is 2.21. The van der Waals surface area contributed by atoms with Crippen molar-refractivity contribution in [1.82, 2.24) is 4.90 Å². The minimum absolute atomic E-state index is 0.00933. The molecule has 1 aliphatic rings. The van der Waals surface area contributed by atoms with Crippen LogP contribution in [-0.4, -0.2) is 36.6 Å². The lowest BCUT2D eigenvalue weighted by molar-refractivity contribution is 0.0562. The van der Waals surface area contributed by atoms with Crippen LogP contribution in [0.3, 0.4) is 0 Å². The molecule has 1 atom stereocenters. The molecule has 1 heterocycles. The lowest BCUT2D eigenvalue weighted by atomic mass is 10.1. The highest BCUT2D eigenvalue weighted by atomic mass is 19.1. The fourth-order valence-corrected chi connectivity index (χ4v) is 2.02. The summed E-state index contributed by atoms with van der Waals surface area (Å²) in [6.07, 6.45) is 0.808. The number of nitrogens with zero attached hydrogens (tertiary/aromatic N) is 1. The van der Waals surface area contributed by atoms with Crippen LogP contribution in [0, 0.1) is 5.82 Å². The third kappa shape index (κ3) is 2.79. The second-order valence-corrected chi connectivity index (χ2v) is 4.52. The molecule has 2 rings (SSSR count). The molecule has 98 valence electrons. The number of amides is 1. The van der Waals surface area contributed by atoms with Crippen LogP contribution in [0.15, 0.2) is 18.2 Å². The second kappa shape index (κ2) is 5.35. The normalized spacial score (nSPS) is 20.6. The van der Waals surface area contributed by atoms with E-state index in [0.717, 1.165) is 6.42 Å². The van der Waals surface area contributed by atoms with Gasteiger partial charge in [0.15, 0.2) is 0 Å². The first-order valence-electron chi connectivity index (χ1n) is 6.04. The zero-order valence-corrected chi connectivity index (χ0v) is 10.4. The Morgan fingerprint density at radius 1 is 1.56 bits per heavy atom. The number of anilines is 1. The van der Waals surface area contributed by atoms with Crippen molar-refractivity contribution in [1.29, 1.82) is 0 Å². The number of halogens is 1. The van der Waals surface area contributed by atoms with Gasteiger partial charge in [0.2, 0.25) is 0 Å². The summed E-state index contributed by atoms with van der Waals surface area (Å²) in [7, 11) is 0. The van der Waals surface area contributed by atoms with Crippen LogP contribution in [-0.2, 0) is 4.74 Å². The van der Waals surface area contributed by atoms with Gasteiger partial charge in [-0.3, -0.25) is 4.79 Å². The predicted molar refractivity (Wildman–Crippen MR) is 66.7 cm³/mol. The summed E-state index contributed by atoms with van der Waals surface area (Å²) in [5.41, 5.74) is 5.78. The fraction of sp³-hybridized carbons (Fsp3) is 0.462. The third-order valence-electron chi connectivity index (χ3n) is 2.99. The lowest BCUT2D eigenvalue weighted by Gasteiger charge is -2.22. The zero-order valence-electron chi connectivity index (χ0n) is 10.4. The van der Waals surface area contributed by atoms with E-state index in [0.29, 0.717) is 25.3 Å². The van der Waals surface area contributed by atoms with Gasteiger partial charge in [-0.05, 0) is 31.5 Å². The maximum atomic E-state index is 13.3. The number of ether oxygens (including phenoxy) is 1. The van der Waals surface area contributed by atoms with Gasteiger partial charge in [0.05, 0.1) is 11.8 Å². The quantitative estimate of drug-likeness (QED) is 0.773. The van der Waals surface area contributed by atoms with Gasteiger partial charge in [-0.25, -0.2) is 4.39 Å². The Morgan fingerprint density at radius 2 is 2.33 bits per heavy atom. The first kappa shape index (κ1) is 12.8. The van der Waals surface area contributed by atoms with E-state index in [1.54, 1.807) is 11.0 Å². The molecule has 1 amide bonds. The largest absolute Gasteiger partial charge is 0.396 e. The molecule has 0 aromatic heterocycles. The number of nitrogens with two attached hydrogens (primary N) is 1. The summed E-state index contributed by atoms with van der Waals surface area (Å²) in [6, 6.07) is 4.16. The Labute approximate surface area is 106 Å². The maximum Gasteiger partial charge on any atom is 0.254 e. The van der Waals surface area contributed by atoms with Crippen LogP contribution in [0.4, 0.5) is 10.1 Å². The van der Waals surface area contributed by atoms with Crippen molar-refractivity contribution >= 4 is 11.6 Å². The number of benzene rings is 1. The van der Waals surface area contributed by atoms with Crippen molar-refractivity contribution in [3.8, 4) is 0 Å². The number of hydrogen-bond donors (Lipinski definition) is 1. The van der Waals surface area contributed by atoms with E-state index in [4.69, 9.17) is 10.5 Å². The summed E-state index contributed by atoms with van der Waals surface area (Å²) >= 11 is 0. The van der Waals surface area contributed by atoms with Gasteiger partial charge >= 0.3 is 0 Å². The smallest absolute Gasteiger partial charge is 0.254 e. The molecule has 0 spiro atoms. The number of carbonyl (C=O) groups excluding carboxylic acids is 1. The molecule has 0 bridgehead atoms. The molecule has 1 aliphatic heterocycles. The standard InChI is InChI=1S/C13H17FN2O2/c1-9-8-16(5-2-6-18-9)13(17)10-3-4-12(15)11(14)7-10/h3-4,7,9H,2,5-6,8,15H2,1H3. The SMILES string of the molecule is CC1CN(C(=O)c2ccc(N)c(F)c2)CCCO1. The highest BCUT2D eigenvalue weighted by molar-refractivity contribution is 5.94. The Kier molecular flexibility index (Phi) is 3.81. The molecule has 2 N–H and O–H groups in total. The Bertz CT molecular complexity index is 451. The first-order chi connectivity index (χ1) is 8.58. The van der Waals surface area contributed by atoms with Crippen molar-refractivity contribution in [3.63, 3.8) is 0 Å². The highest BCUT2D eigenvalue weighted by Crippen LogP contribution is 2.15. The van der Waals surface area contributed by atoms with E-state index >= 15 is 0 Å². The minimum Gasteiger partial charge on any atom is -0.396 e. The summed E-state index contributed by atoms with van der Waals surface area (Å²) < 4.78 is 18.8. The average molecular weight is 252 g/mol. The number of nitrogen functional groups attached to an aromatic ring is 1. The van der Waals surface area contributed by atoms with E-state index < -0.39 is 5.82 Å². The molecule has 0 radical (unpaired) electrons. The van der Waals surface area contributed by atoms with Crippen molar-refractivity contribution in [2.45, 2.75) is 19.4 Å². The van der Waals surface area contributed by atoms with Gasteiger partial charge in [0.1, 0.15) is 5.82 Å². The second-order valence-electron chi connectivity index (χ2n) is 4.52. The summed E-state index contributed by atoms with van der Waals surface area (Å²) in [5.74, 6) is -0.730. The van der Waals surface area contributed by atoms with E-state index in [1.807, 2.05) is 6.92 Å². The molecule has 0 aliphatic carbocycles. The van der Waals surface area contributed by atoms with Gasteiger partial charge in [-0.1, -0.05) is 0 Å². The van der Waals surface area contributed by atoms with Crippen molar-refractivity contribution in [2.75, 3.05) is 25.4 Å². The van der Waals surface area contributed by atoms with Crippen LogP contribution in [0.25, 0.3) is 0 Å². The Balaban J connectivity index is 2.16.